The average molecular weight is 266 g/mol. The Balaban J connectivity index is 2.20. The number of rotatable bonds is 8. The van der Waals surface area contributed by atoms with Gasteiger partial charge in [-0.25, -0.2) is 18.1 Å². The zero-order chi connectivity index (χ0) is 11.9. The number of nitrogens with zero attached hydrogens (tertiary/aromatic N) is 2. The number of halogens is 1. The third kappa shape index (κ3) is 5.48. The summed E-state index contributed by atoms with van der Waals surface area (Å²) in [5.74, 6) is 0.647. The summed E-state index contributed by atoms with van der Waals surface area (Å²) in [4.78, 5) is 3.87. The van der Waals surface area contributed by atoms with Crippen molar-refractivity contribution in [1.82, 2.24) is 14.3 Å². The zero-order valence-corrected chi connectivity index (χ0v) is 10.5. The number of imidazole rings is 1. The third-order valence-electron chi connectivity index (χ3n) is 2.05. The lowest BCUT2D eigenvalue weighted by atomic mass is 10.4. The highest BCUT2D eigenvalue weighted by Crippen LogP contribution is 1.96. The molecule has 1 N–H and O–H groups in total. The van der Waals surface area contributed by atoms with Crippen LogP contribution in [-0.4, -0.2) is 36.1 Å². The molecular formula is C9H16ClN3O2S. The van der Waals surface area contributed by atoms with Gasteiger partial charge in [-0.1, -0.05) is 0 Å². The van der Waals surface area contributed by atoms with Crippen LogP contribution in [0.3, 0.4) is 0 Å². The molecule has 0 spiro atoms. The van der Waals surface area contributed by atoms with Gasteiger partial charge in [0.2, 0.25) is 10.0 Å². The van der Waals surface area contributed by atoms with Crippen molar-refractivity contribution in [2.45, 2.75) is 19.4 Å². The van der Waals surface area contributed by atoms with Crippen LogP contribution < -0.4 is 4.72 Å². The van der Waals surface area contributed by atoms with Gasteiger partial charge in [-0.2, -0.15) is 0 Å². The van der Waals surface area contributed by atoms with Crippen molar-refractivity contribution < 1.29 is 8.42 Å². The molecule has 0 amide bonds. The van der Waals surface area contributed by atoms with E-state index < -0.39 is 10.0 Å². The Kier molecular flexibility index (Phi) is 5.79. The first-order valence-electron chi connectivity index (χ1n) is 5.13. The first-order valence-corrected chi connectivity index (χ1v) is 7.32. The van der Waals surface area contributed by atoms with Gasteiger partial charge in [-0.3, -0.25) is 0 Å². The van der Waals surface area contributed by atoms with Gasteiger partial charge >= 0.3 is 0 Å². The molecule has 1 aromatic heterocycles. The van der Waals surface area contributed by atoms with Crippen LogP contribution in [0.15, 0.2) is 18.7 Å². The van der Waals surface area contributed by atoms with Crippen molar-refractivity contribution in [3.63, 3.8) is 0 Å². The lowest BCUT2D eigenvalue weighted by molar-refractivity contribution is 0.570. The van der Waals surface area contributed by atoms with Gasteiger partial charge in [0.25, 0.3) is 0 Å². The third-order valence-corrected chi connectivity index (χ3v) is 3.79. The van der Waals surface area contributed by atoms with Crippen molar-refractivity contribution in [1.29, 1.82) is 0 Å². The van der Waals surface area contributed by atoms with Gasteiger partial charge in [-0.15, -0.1) is 11.6 Å². The minimum Gasteiger partial charge on any atom is -0.336 e. The van der Waals surface area contributed by atoms with Crippen LogP contribution >= 0.6 is 11.6 Å². The Morgan fingerprint density at radius 3 is 2.81 bits per heavy atom. The number of alkyl halides is 1. The largest absolute Gasteiger partial charge is 0.336 e. The van der Waals surface area contributed by atoms with E-state index in [9.17, 15) is 8.42 Å². The maximum Gasteiger partial charge on any atom is 0.211 e. The van der Waals surface area contributed by atoms with Gasteiger partial charge in [-0.05, 0) is 12.8 Å². The molecule has 0 aliphatic heterocycles. The molecule has 1 aromatic rings. The van der Waals surface area contributed by atoms with Crippen molar-refractivity contribution in [2.24, 2.45) is 0 Å². The van der Waals surface area contributed by atoms with E-state index in [1.165, 1.54) is 0 Å². The van der Waals surface area contributed by atoms with Gasteiger partial charge in [0.1, 0.15) is 0 Å². The van der Waals surface area contributed by atoms with Crippen LogP contribution in [0.5, 0.6) is 0 Å². The summed E-state index contributed by atoms with van der Waals surface area (Å²) >= 11 is 5.48. The molecule has 0 atom stereocenters. The Morgan fingerprint density at radius 1 is 1.38 bits per heavy atom. The molecule has 0 saturated carbocycles. The van der Waals surface area contributed by atoms with Crippen molar-refractivity contribution in [2.75, 3.05) is 18.2 Å². The van der Waals surface area contributed by atoms with E-state index in [0.717, 1.165) is 6.42 Å². The Labute approximate surface area is 101 Å². The SMILES string of the molecule is O=S(=O)(CCCCCl)NCCn1ccnc1. The molecule has 0 radical (unpaired) electrons. The smallest absolute Gasteiger partial charge is 0.211 e. The Hall–Kier alpha value is -0.590. The van der Waals surface area contributed by atoms with Crippen LogP contribution in [0.1, 0.15) is 12.8 Å². The molecule has 0 saturated heterocycles. The highest BCUT2D eigenvalue weighted by molar-refractivity contribution is 7.89. The lowest BCUT2D eigenvalue weighted by Crippen LogP contribution is -2.29. The molecule has 1 heterocycles. The minimum absolute atomic E-state index is 0.143. The fourth-order valence-electron chi connectivity index (χ4n) is 1.21. The zero-order valence-electron chi connectivity index (χ0n) is 8.97. The summed E-state index contributed by atoms with van der Waals surface area (Å²) in [7, 11) is -3.15. The maximum atomic E-state index is 11.5. The van der Waals surface area contributed by atoms with Gasteiger partial charge in [0.15, 0.2) is 0 Å². The molecule has 0 aromatic carbocycles. The normalized spacial score (nSPS) is 11.8. The molecule has 0 bridgehead atoms. The number of aromatic nitrogens is 2. The number of nitrogens with one attached hydrogen (secondary N) is 1. The molecule has 0 unspecified atom stereocenters. The van der Waals surface area contributed by atoms with Crippen LogP contribution in [0, 0.1) is 0 Å². The van der Waals surface area contributed by atoms with Crippen LogP contribution in [0.25, 0.3) is 0 Å². The van der Waals surface area contributed by atoms with Crippen LogP contribution in [0.4, 0.5) is 0 Å². The summed E-state index contributed by atoms with van der Waals surface area (Å²) in [6.07, 6.45) is 6.44. The van der Waals surface area contributed by atoms with Crippen molar-refractivity contribution in [3.05, 3.63) is 18.7 Å². The maximum absolute atomic E-state index is 11.5. The molecule has 0 aliphatic carbocycles. The first-order chi connectivity index (χ1) is 7.64. The van der Waals surface area contributed by atoms with Crippen LogP contribution in [-0.2, 0) is 16.6 Å². The van der Waals surface area contributed by atoms with E-state index >= 15 is 0 Å². The van der Waals surface area contributed by atoms with Gasteiger partial charge in [0, 0.05) is 31.4 Å². The number of unbranched alkanes of at least 4 members (excludes halogenated alkanes) is 1. The summed E-state index contributed by atoms with van der Waals surface area (Å²) in [5, 5.41) is 0. The van der Waals surface area contributed by atoms with Crippen molar-refractivity contribution >= 4 is 21.6 Å². The summed E-state index contributed by atoms with van der Waals surface area (Å²) in [6.45, 7) is 0.980. The van der Waals surface area contributed by atoms with Crippen molar-refractivity contribution in [3.8, 4) is 0 Å². The predicted molar refractivity (Wildman–Crippen MR) is 64.0 cm³/mol. The van der Waals surface area contributed by atoms with Gasteiger partial charge in [0.05, 0.1) is 12.1 Å². The molecule has 5 nitrogen and oxygen atoms in total. The summed E-state index contributed by atoms with van der Waals surface area (Å²) in [5.41, 5.74) is 0. The molecular weight excluding hydrogens is 250 g/mol. The molecule has 1 rings (SSSR count). The molecule has 16 heavy (non-hydrogen) atoms. The fraction of sp³-hybridized carbons (Fsp3) is 0.667. The molecule has 92 valence electrons. The topological polar surface area (TPSA) is 64.0 Å². The molecule has 0 fully saturated rings. The first kappa shape index (κ1) is 13.5. The number of hydrogen-bond acceptors (Lipinski definition) is 3. The quantitative estimate of drug-likeness (QED) is 0.559. The predicted octanol–water partition coefficient (Wildman–Crippen LogP) is 0.821. The summed E-state index contributed by atoms with van der Waals surface area (Å²) in [6, 6.07) is 0. The average Bonchev–Trinajstić information content (AvgIpc) is 2.70. The van der Waals surface area contributed by atoms with E-state index in [1.54, 1.807) is 18.7 Å². The number of sulfonamides is 1. The molecule has 0 aliphatic rings. The van der Waals surface area contributed by atoms with E-state index in [1.807, 2.05) is 4.57 Å². The number of hydrogen-bond donors (Lipinski definition) is 1. The Morgan fingerprint density at radius 2 is 2.19 bits per heavy atom. The molecule has 7 heteroatoms. The van der Waals surface area contributed by atoms with E-state index in [4.69, 9.17) is 11.6 Å². The standard InChI is InChI=1S/C9H16ClN3O2S/c10-3-1-2-8-16(14,15)12-5-7-13-6-4-11-9-13/h4,6,9,12H,1-3,5,7-8H2. The lowest BCUT2D eigenvalue weighted by Gasteiger charge is -2.06. The van der Waals surface area contributed by atoms with E-state index in [2.05, 4.69) is 9.71 Å². The summed E-state index contributed by atoms with van der Waals surface area (Å²) < 4.78 is 27.3. The van der Waals surface area contributed by atoms with Gasteiger partial charge < -0.3 is 4.57 Å². The van der Waals surface area contributed by atoms with E-state index in [0.29, 0.717) is 25.4 Å². The Bertz CT molecular complexity index is 377. The second kappa shape index (κ2) is 6.88. The van der Waals surface area contributed by atoms with E-state index in [-0.39, 0.29) is 5.75 Å². The van der Waals surface area contributed by atoms with Crippen LogP contribution in [0.2, 0.25) is 0 Å². The monoisotopic (exact) mass is 265 g/mol. The fourth-order valence-corrected chi connectivity index (χ4v) is 2.53. The highest BCUT2D eigenvalue weighted by Gasteiger charge is 2.08. The highest BCUT2D eigenvalue weighted by atomic mass is 35.5. The minimum atomic E-state index is -3.15. The second-order valence-electron chi connectivity index (χ2n) is 3.41. The second-order valence-corrected chi connectivity index (χ2v) is 5.71.